The van der Waals surface area contributed by atoms with E-state index in [0.717, 1.165) is 59.5 Å². The van der Waals surface area contributed by atoms with Crippen molar-refractivity contribution >= 4 is 40.2 Å². The second kappa shape index (κ2) is 11.2. The summed E-state index contributed by atoms with van der Waals surface area (Å²) in [7, 11) is 0. The van der Waals surface area contributed by atoms with E-state index in [1.165, 1.54) is 0 Å². The number of nitrogens with zero attached hydrogens (tertiary/aromatic N) is 4. The summed E-state index contributed by atoms with van der Waals surface area (Å²) in [5.74, 6) is 1.22. The normalized spacial score (nSPS) is 16.5. The van der Waals surface area contributed by atoms with E-state index in [-0.39, 0.29) is 6.04 Å². The number of hydrogen-bond acceptors (Lipinski definition) is 6. The van der Waals surface area contributed by atoms with E-state index in [9.17, 15) is 4.79 Å². The number of carbonyl (C=O) groups excluding carboxylic acids is 1. The van der Waals surface area contributed by atoms with Gasteiger partial charge in [0.2, 0.25) is 0 Å². The maximum absolute atomic E-state index is 13.5. The van der Waals surface area contributed by atoms with E-state index in [1.807, 2.05) is 47.5 Å². The van der Waals surface area contributed by atoms with Crippen LogP contribution >= 0.6 is 23.2 Å². The Kier molecular flexibility index (Phi) is 7.30. The molecule has 0 fully saturated rings. The average Bonchev–Trinajstić information content (AvgIpc) is 3.60. The van der Waals surface area contributed by atoms with Crippen LogP contribution in [0.3, 0.4) is 0 Å². The molecule has 3 heterocycles. The molecule has 1 atom stereocenters. The first kappa shape index (κ1) is 25.5. The van der Waals surface area contributed by atoms with Crippen LogP contribution in [-0.2, 0) is 6.42 Å². The van der Waals surface area contributed by atoms with Crippen molar-refractivity contribution in [2.75, 3.05) is 32.8 Å². The highest BCUT2D eigenvalue weighted by Crippen LogP contribution is 2.40. The minimum absolute atomic E-state index is 0.366. The van der Waals surface area contributed by atoms with Crippen molar-refractivity contribution in [2.45, 2.75) is 18.9 Å². The summed E-state index contributed by atoms with van der Waals surface area (Å²) in [6, 6.07) is 20.1. The molecule has 2 aliphatic rings. The Labute approximate surface area is 236 Å². The number of halogens is 2. The number of hydrogen-bond donors (Lipinski definition) is 1. The smallest absolute Gasteiger partial charge is 0.416 e. The third-order valence-corrected chi connectivity index (χ3v) is 7.50. The van der Waals surface area contributed by atoms with Gasteiger partial charge in [-0.25, -0.2) is 4.79 Å². The van der Waals surface area contributed by atoms with Gasteiger partial charge in [-0.1, -0.05) is 40.6 Å². The van der Waals surface area contributed by atoms with Crippen LogP contribution in [0.25, 0.3) is 10.9 Å². The molecule has 39 heavy (non-hydrogen) atoms. The lowest BCUT2D eigenvalue weighted by molar-refractivity contribution is 0.135. The summed E-state index contributed by atoms with van der Waals surface area (Å²) in [4.78, 5) is 18.8. The number of rotatable bonds is 7. The van der Waals surface area contributed by atoms with Gasteiger partial charge < -0.3 is 14.5 Å². The molecule has 8 nitrogen and oxygen atoms in total. The van der Waals surface area contributed by atoms with Crippen LogP contribution in [0, 0.1) is 0 Å². The minimum Gasteiger partial charge on any atom is -0.494 e. The first-order chi connectivity index (χ1) is 19.0. The zero-order valence-electron chi connectivity index (χ0n) is 21.1. The molecule has 0 unspecified atom stereocenters. The number of nitrogens with one attached hydrogen (secondary N) is 1. The zero-order valence-corrected chi connectivity index (χ0v) is 22.7. The van der Waals surface area contributed by atoms with Gasteiger partial charge in [0.1, 0.15) is 17.5 Å². The van der Waals surface area contributed by atoms with Crippen LogP contribution in [0.1, 0.15) is 29.3 Å². The minimum atomic E-state index is -0.427. The fourth-order valence-electron chi connectivity index (χ4n) is 5.15. The molecule has 4 aromatic rings. The summed E-state index contributed by atoms with van der Waals surface area (Å²) >= 11 is 12.3. The van der Waals surface area contributed by atoms with Gasteiger partial charge in [-0.2, -0.15) is 5.11 Å². The van der Waals surface area contributed by atoms with Crippen LogP contribution in [0.4, 0.5) is 4.79 Å². The van der Waals surface area contributed by atoms with Crippen molar-refractivity contribution in [3.05, 3.63) is 93.6 Å². The molecule has 6 rings (SSSR count). The lowest BCUT2D eigenvalue weighted by Gasteiger charge is -2.35. The van der Waals surface area contributed by atoms with Crippen LogP contribution in [0.15, 0.2) is 77.1 Å². The maximum Gasteiger partial charge on any atom is 0.416 e. The Hall–Kier alpha value is -3.75. The highest BCUT2D eigenvalue weighted by Gasteiger charge is 2.35. The second-order valence-electron chi connectivity index (χ2n) is 9.55. The zero-order chi connectivity index (χ0) is 26.8. The third-order valence-electron chi connectivity index (χ3n) is 7.02. The van der Waals surface area contributed by atoms with Gasteiger partial charge in [-0.05, 0) is 72.1 Å². The van der Waals surface area contributed by atoms with Gasteiger partial charge >= 0.3 is 6.09 Å². The van der Waals surface area contributed by atoms with E-state index < -0.39 is 6.09 Å². The number of fused-ring (bicyclic) bond motifs is 3. The van der Waals surface area contributed by atoms with Crippen LogP contribution in [-0.4, -0.2) is 53.8 Å². The van der Waals surface area contributed by atoms with E-state index in [1.54, 1.807) is 29.2 Å². The summed E-state index contributed by atoms with van der Waals surface area (Å²) in [5, 5.41) is 12.4. The molecule has 1 N–H and O–H groups in total. The molecular formula is C29H27Cl2N5O3. The topological polar surface area (TPSA) is 82.5 Å². The number of aromatic nitrogens is 1. The van der Waals surface area contributed by atoms with Gasteiger partial charge in [0.05, 0.1) is 19.7 Å². The Balaban J connectivity index is 1.25. The Bertz CT molecular complexity index is 1500. The van der Waals surface area contributed by atoms with Crippen molar-refractivity contribution in [1.29, 1.82) is 0 Å². The molecule has 0 spiro atoms. The number of H-pyrrole nitrogens is 1. The fourth-order valence-corrected chi connectivity index (χ4v) is 5.44. The predicted molar refractivity (Wildman–Crippen MR) is 151 cm³/mol. The van der Waals surface area contributed by atoms with E-state index in [0.29, 0.717) is 35.4 Å². The Morgan fingerprint density at radius 1 is 0.974 bits per heavy atom. The second-order valence-corrected chi connectivity index (χ2v) is 10.4. The molecule has 1 aromatic heterocycles. The summed E-state index contributed by atoms with van der Waals surface area (Å²) in [6.07, 6.45) is 1.11. The van der Waals surface area contributed by atoms with Crippen molar-refractivity contribution in [2.24, 2.45) is 10.3 Å². The van der Waals surface area contributed by atoms with Crippen LogP contribution in [0.2, 0.25) is 10.0 Å². The van der Waals surface area contributed by atoms with Crippen molar-refractivity contribution in [3.63, 3.8) is 0 Å². The molecule has 200 valence electrons. The first-order valence-electron chi connectivity index (χ1n) is 12.9. The number of ether oxygens (including phenoxy) is 2. The average molecular weight is 564 g/mol. The number of benzene rings is 3. The highest BCUT2D eigenvalue weighted by molar-refractivity contribution is 6.31. The predicted octanol–water partition coefficient (Wildman–Crippen LogP) is 7.07. The van der Waals surface area contributed by atoms with Crippen molar-refractivity contribution < 1.29 is 14.3 Å². The molecule has 1 amide bonds. The largest absolute Gasteiger partial charge is 0.494 e. The number of carbonyl (C=O) groups is 1. The van der Waals surface area contributed by atoms with Crippen molar-refractivity contribution in [3.8, 4) is 11.5 Å². The molecule has 10 heteroatoms. The first-order valence-corrected chi connectivity index (χ1v) is 13.7. The number of aromatic amines is 1. The molecule has 2 aliphatic heterocycles. The Morgan fingerprint density at radius 3 is 2.51 bits per heavy atom. The lowest BCUT2D eigenvalue weighted by atomic mass is 9.92. The van der Waals surface area contributed by atoms with Crippen LogP contribution < -0.4 is 9.47 Å². The van der Waals surface area contributed by atoms with E-state index in [4.69, 9.17) is 32.7 Å². The third kappa shape index (κ3) is 5.53. The lowest BCUT2D eigenvalue weighted by Crippen LogP contribution is -2.42. The molecular weight excluding hydrogens is 537 g/mol. The van der Waals surface area contributed by atoms with E-state index in [2.05, 4.69) is 15.3 Å². The summed E-state index contributed by atoms with van der Waals surface area (Å²) in [5.41, 5.74) is 4.05. The summed E-state index contributed by atoms with van der Waals surface area (Å²) in [6.45, 7) is 3.53. The van der Waals surface area contributed by atoms with Crippen LogP contribution in [0.5, 0.6) is 11.5 Å². The van der Waals surface area contributed by atoms with Gasteiger partial charge in [-0.15, -0.1) is 0 Å². The molecule has 3 aromatic carbocycles. The number of amides is 1. The molecule has 0 bridgehead atoms. The van der Waals surface area contributed by atoms with E-state index >= 15 is 0 Å². The van der Waals surface area contributed by atoms with Gasteiger partial charge in [0.15, 0.2) is 0 Å². The molecule has 0 saturated carbocycles. The maximum atomic E-state index is 13.5. The van der Waals surface area contributed by atoms with Gasteiger partial charge in [0.25, 0.3) is 0 Å². The molecule has 0 radical (unpaired) electrons. The van der Waals surface area contributed by atoms with Crippen molar-refractivity contribution in [1.82, 2.24) is 14.9 Å². The van der Waals surface area contributed by atoms with Gasteiger partial charge in [0, 0.05) is 46.2 Å². The molecule has 0 saturated heterocycles. The molecule has 0 aliphatic carbocycles. The fraction of sp³-hybridized carbons (Fsp3) is 0.276. The van der Waals surface area contributed by atoms with Gasteiger partial charge in [-0.3, -0.25) is 9.91 Å². The Morgan fingerprint density at radius 2 is 1.74 bits per heavy atom. The SMILES string of the molecule is O=C(Oc1ccc(Cl)cc1)N1CCc2c([nH]c3ccc(Cl)cc23)[C@@H]1c1ccc(OCCCN2CCN=N2)cc1. The standard InChI is InChI=1S/C29H27Cl2N5O3/c30-20-4-9-23(10-5-20)39-29(37)36-15-12-24-25-18-21(31)6-11-26(25)33-27(24)28(36)19-2-7-22(8-3-19)38-17-1-14-35-16-13-32-34-35/h2-11,18,28,33H,1,12-17H2/t28-/m0/s1. The highest BCUT2D eigenvalue weighted by atomic mass is 35.5. The monoisotopic (exact) mass is 563 g/mol. The summed E-state index contributed by atoms with van der Waals surface area (Å²) < 4.78 is 11.7. The quantitative estimate of drug-likeness (QED) is 0.244.